The fourth-order valence-electron chi connectivity index (χ4n) is 2.91. The fraction of sp³-hybridized carbons (Fsp3) is 1.00. The zero-order valence-electron chi connectivity index (χ0n) is 9.41. The van der Waals surface area contributed by atoms with Gasteiger partial charge in [0.05, 0.1) is 11.0 Å². The topological polar surface area (TPSA) is 46.2 Å². The number of sulfone groups is 1. The average Bonchev–Trinajstić information content (AvgIpc) is 2.11. The van der Waals surface area contributed by atoms with Gasteiger partial charge in [-0.15, -0.1) is 0 Å². The molecule has 0 spiro atoms. The van der Waals surface area contributed by atoms with Crippen molar-refractivity contribution >= 4 is 9.84 Å². The van der Waals surface area contributed by atoms with Crippen LogP contribution in [0.3, 0.4) is 0 Å². The Kier molecular flexibility index (Phi) is 3.36. The first-order valence-corrected chi connectivity index (χ1v) is 7.75. The average molecular weight is 231 g/mol. The molecule has 0 aromatic heterocycles. The normalized spacial score (nSPS) is 33.3. The minimum Gasteiger partial charge on any atom is -0.315 e. The Labute approximate surface area is 92.6 Å². The summed E-state index contributed by atoms with van der Waals surface area (Å²) in [5.74, 6) is 1.01. The molecule has 1 N–H and O–H groups in total. The zero-order valence-corrected chi connectivity index (χ0v) is 10.2. The second kappa shape index (κ2) is 4.42. The van der Waals surface area contributed by atoms with Crippen LogP contribution < -0.4 is 5.32 Å². The second-order valence-corrected chi connectivity index (χ2v) is 7.25. The first kappa shape index (κ1) is 11.4. The van der Waals surface area contributed by atoms with Crippen LogP contribution in [0, 0.1) is 5.92 Å². The summed E-state index contributed by atoms with van der Waals surface area (Å²) in [6.45, 7) is 0. The van der Waals surface area contributed by atoms with Crippen molar-refractivity contribution in [3.63, 3.8) is 0 Å². The molecule has 1 saturated heterocycles. The second-order valence-electron chi connectivity index (χ2n) is 4.91. The van der Waals surface area contributed by atoms with Gasteiger partial charge in [-0.3, -0.25) is 0 Å². The van der Waals surface area contributed by atoms with E-state index in [1.807, 2.05) is 7.05 Å². The van der Waals surface area contributed by atoms with Crippen molar-refractivity contribution in [2.75, 3.05) is 12.8 Å². The minimum absolute atomic E-state index is 0.110. The molecule has 15 heavy (non-hydrogen) atoms. The maximum Gasteiger partial charge on any atom is 0.154 e. The van der Waals surface area contributed by atoms with Crippen molar-refractivity contribution < 1.29 is 8.42 Å². The van der Waals surface area contributed by atoms with Crippen LogP contribution >= 0.6 is 0 Å². The lowest BCUT2D eigenvalue weighted by atomic mass is 9.78. The van der Waals surface area contributed by atoms with E-state index in [1.165, 1.54) is 19.3 Å². The van der Waals surface area contributed by atoms with E-state index in [-0.39, 0.29) is 11.3 Å². The highest BCUT2D eigenvalue weighted by Crippen LogP contribution is 2.35. The number of hydrogen-bond acceptors (Lipinski definition) is 3. The molecule has 88 valence electrons. The predicted molar refractivity (Wildman–Crippen MR) is 61.6 cm³/mol. The molecule has 2 aliphatic rings. The lowest BCUT2D eigenvalue weighted by molar-refractivity contribution is 0.224. The Hall–Kier alpha value is -0.0900. The molecule has 1 heterocycles. The maximum atomic E-state index is 12.0. The summed E-state index contributed by atoms with van der Waals surface area (Å²) in [5.41, 5.74) is 0. The monoisotopic (exact) mass is 231 g/mol. The van der Waals surface area contributed by atoms with Crippen LogP contribution in [0.4, 0.5) is 0 Å². The summed E-state index contributed by atoms with van der Waals surface area (Å²) in [5, 5.41) is 3.14. The van der Waals surface area contributed by atoms with Gasteiger partial charge in [0.1, 0.15) is 0 Å². The van der Waals surface area contributed by atoms with E-state index in [4.69, 9.17) is 0 Å². The predicted octanol–water partition coefficient (Wildman–Crippen LogP) is 1.34. The van der Waals surface area contributed by atoms with Gasteiger partial charge in [-0.25, -0.2) is 8.42 Å². The van der Waals surface area contributed by atoms with Crippen LogP contribution in [0.15, 0.2) is 0 Å². The quantitative estimate of drug-likeness (QED) is 0.797. The van der Waals surface area contributed by atoms with Crippen LogP contribution in [0.2, 0.25) is 0 Å². The molecule has 3 nitrogen and oxygen atoms in total. The van der Waals surface area contributed by atoms with Gasteiger partial charge in [-0.2, -0.15) is 0 Å². The Balaban J connectivity index is 2.11. The van der Waals surface area contributed by atoms with Crippen molar-refractivity contribution in [1.82, 2.24) is 5.32 Å². The molecular formula is C11H21NO2S. The lowest BCUT2D eigenvalue weighted by Gasteiger charge is -2.39. The van der Waals surface area contributed by atoms with Crippen molar-refractivity contribution in [2.24, 2.45) is 5.92 Å². The lowest BCUT2D eigenvalue weighted by Crippen LogP contribution is -2.51. The van der Waals surface area contributed by atoms with E-state index in [2.05, 4.69) is 5.32 Å². The Morgan fingerprint density at radius 2 is 1.87 bits per heavy atom. The van der Waals surface area contributed by atoms with E-state index in [0.29, 0.717) is 11.7 Å². The summed E-state index contributed by atoms with van der Waals surface area (Å²) in [4.78, 5) is 0. The molecule has 2 rings (SSSR count). The molecule has 2 fully saturated rings. The number of hydrogen-bond donors (Lipinski definition) is 1. The molecule has 1 saturated carbocycles. The molecule has 0 aromatic carbocycles. The SMILES string of the molecule is CNC(C1CCC1)C1CCCCS1(=O)=O. The van der Waals surface area contributed by atoms with Crippen LogP contribution in [0.5, 0.6) is 0 Å². The molecule has 2 unspecified atom stereocenters. The molecule has 0 aromatic rings. The Bertz CT molecular complexity index is 309. The molecular weight excluding hydrogens is 210 g/mol. The van der Waals surface area contributed by atoms with Gasteiger partial charge >= 0.3 is 0 Å². The molecule has 4 heteroatoms. The molecule has 0 radical (unpaired) electrons. The van der Waals surface area contributed by atoms with Gasteiger partial charge in [0.25, 0.3) is 0 Å². The third-order valence-corrected chi connectivity index (χ3v) is 6.33. The van der Waals surface area contributed by atoms with Gasteiger partial charge in [0, 0.05) is 6.04 Å². The van der Waals surface area contributed by atoms with E-state index >= 15 is 0 Å². The van der Waals surface area contributed by atoms with E-state index in [1.54, 1.807) is 0 Å². The number of rotatable bonds is 3. The van der Waals surface area contributed by atoms with Crippen molar-refractivity contribution in [3.8, 4) is 0 Å². The van der Waals surface area contributed by atoms with E-state index in [0.717, 1.165) is 19.3 Å². The highest BCUT2D eigenvalue weighted by Gasteiger charge is 2.40. The Morgan fingerprint density at radius 1 is 1.13 bits per heavy atom. The van der Waals surface area contributed by atoms with Crippen molar-refractivity contribution in [2.45, 2.75) is 49.8 Å². The van der Waals surface area contributed by atoms with Crippen LogP contribution in [0.25, 0.3) is 0 Å². The summed E-state index contributed by atoms with van der Waals surface area (Å²) < 4.78 is 24.0. The fourth-order valence-corrected chi connectivity index (χ4v) is 5.15. The molecule has 1 aliphatic heterocycles. The molecule has 2 atom stereocenters. The van der Waals surface area contributed by atoms with Gasteiger partial charge < -0.3 is 5.32 Å². The highest BCUT2D eigenvalue weighted by atomic mass is 32.2. The summed E-state index contributed by atoms with van der Waals surface area (Å²) >= 11 is 0. The summed E-state index contributed by atoms with van der Waals surface area (Å²) in [7, 11) is -0.909. The van der Waals surface area contributed by atoms with E-state index in [9.17, 15) is 8.42 Å². The van der Waals surface area contributed by atoms with Gasteiger partial charge in [-0.05, 0) is 38.6 Å². The minimum atomic E-state index is -2.82. The van der Waals surface area contributed by atoms with Gasteiger partial charge in [0.15, 0.2) is 9.84 Å². The highest BCUT2D eigenvalue weighted by molar-refractivity contribution is 7.92. The smallest absolute Gasteiger partial charge is 0.154 e. The van der Waals surface area contributed by atoms with Gasteiger partial charge in [0.2, 0.25) is 0 Å². The standard InChI is InChI=1S/C11H21NO2S/c1-12-11(9-5-4-6-9)10-7-2-3-8-15(10,13)14/h9-12H,2-8H2,1H3. The molecule has 0 bridgehead atoms. The maximum absolute atomic E-state index is 12.0. The largest absolute Gasteiger partial charge is 0.315 e. The molecule has 1 aliphatic carbocycles. The van der Waals surface area contributed by atoms with Crippen LogP contribution in [-0.4, -0.2) is 32.5 Å². The van der Waals surface area contributed by atoms with Crippen LogP contribution in [0.1, 0.15) is 38.5 Å². The Morgan fingerprint density at radius 3 is 2.33 bits per heavy atom. The van der Waals surface area contributed by atoms with Crippen molar-refractivity contribution in [3.05, 3.63) is 0 Å². The summed E-state index contributed by atoms with van der Waals surface area (Å²) in [6, 6.07) is 0.212. The first-order chi connectivity index (χ1) is 7.15. The number of nitrogens with one attached hydrogen (secondary N) is 1. The van der Waals surface area contributed by atoms with Gasteiger partial charge in [-0.1, -0.05) is 12.8 Å². The third-order valence-electron chi connectivity index (χ3n) is 4.02. The first-order valence-electron chi connectivity index (χ1n) is 6.04. The summed E-state index contributed by atoms with van der Waals surface area (Å²) in [6.07, 6.45) is 6.49. The third kappa shape index (κ3) is 2.21. The molecule has 0 amide bonds. The van der Waals surface area contributed by atoms with E-state index < -0.39 is 9.84 Å². The van der Waals surface area contributed by atoms with Crippen LogP contribution in [-0.2, 0) is 9.84 Å². The zero-order chi connectivity index (χ0) is 10.9. The van der Waals surface area contributed by atoms with Crippen molar-refractivity contribution in [1.29, 1.82) is 0 Å².